The topological polar surface area (TPSA) is 443 Å². The molecule has 87 heavy (non-hydrogen) atoms. The summed E-state index contributed by atoms with van der Waals surface area (Å²) in [7, 11) is -31.6. The molecule has 27 nitrogen and oxygen atoms in total. The Balaban J connectivity index is 0.00000270. The van der Waals surface area contributed by atoms with Crippen LogP contribution in [0.15, 0.2) is 168 Å². The number of hydrogen-bond acceptors (Lipinski definition) is 24. The van der Waals surface area contributed by atoms with Gasteiger partial charge in [-0.25, -0.2) is 50.5 Å². The van der Waals surface area contributed by atoms with Gasteiger partial charge < -0.3 is 32.5 Å². The fourth-order valence-electron chi connectivity index (χ4n) is 8.55. The van der Waals surface area contributed by atoms with Gasteiger partial charge in [0.15, 0.2) is 0 Å². The van der Waals surface area contributed by atoms with Gasteiger partial charge in [-0.05, 0) is 76.9 Å². The van der Waals surface area contributed by atoms with Crippen LogP contribution in [0.5, 0.6) is 0 Å². The molecule has 10 rings (SSSR count). The standard InChI is InChI=1S/C48H32N8O19S6.6Na/c57-56(34-19-20-41(76(58,59)60)30(21-34)12-11-29-15-18-33(24-44(29)79(67,68)69)55-51-40-26-46(81(73,74)75)36-6-2-4-8-38(36)48(40)53-55)49-31-16-13-27(42(22-31)77(61,62)63)9-10-28-14-17-32(23-43(28)78(64,65)66)54-50-39-25-45(80(70,71)72)35-5-1-3-7-37(35)47(39)52-54;;;;;;/h1-26H,(H,58,59,60)(H,61,62,63)(H,64,65,66)(H,67,68,69)(H,70,71,72)(H,73,74,75);;;;;;/q;6*+1/p-6/b10-9+,12-11+,56-49?;;;;;;. The third-order valence-electron chi connectivity index (χ3n) is 12.1. The van der Waals surface area contributed by atoms with Crippen molar-refractivity contribution in [3.05, 3.63) is 161 Å². The van der Waals surface area contributed by atoms with Gasteiger partial charge >= 0.3 is 177 Å². The van der Waals surface area contributed by atoms with Crippen LogP contribution in [0.1, 0.15) is 22.3 Å². The minimum Gasteiger partial charge on any atom is -0.744 e. The number of nitrogens with zero attached hydrogens (tertiary/aromatic N) is 8. The van der Waals surface area contributed by atoms with Gasteiger partial charge in [-0.3, -0.25) is 0 Å². The van der Waals surface area contributed by atoms with E-state index in [4.69, 9.17) is 0 Å². The zero-order valence-corrected chi connectivity index (χ0v) is 62.7. The fourth-order valence-corrected chi connectivity index (χ4v) is 12.7. The molecule has 414 valence electrons. The Morgan fingerprint density at radius 3 is 1.08 bits per heavy atom. The average molecular weight is 1350 g/mol. The number of hydrogen-bond donors (Lipinski definition) is 0. The summed E-state index contributed by atoms with van der Waals surface area (Å²) < 4.78 is 223. The number of aromatic nitrogens is 6. The Morgan fingerprint density at radius 2 is 0.701 bits per heavy atom. The van der Waals surface area contributed by atoms with Crippen molar-refractivity contribution in [3.8, 4) is 11.4 Å². The van der Waals surface area contributed by atoms with Crippen LogP contribution in [0.2, 0.25) is 0 Å². The van der Waals surface area contributed by atoms with Gasteiger partial charge in [0, 0.05) is 38.8 Å². The van der Waals surface area contributed by atoms with Crippen LogP contribution >= 0.6 is 0 Å². The predicted octanol–water partition coefficient (Wildman–Crippen LogP) is -12.8. The van der Waals surface area contributed by atoms with Gasteiger partial charge in [-0.2, -0.15) is 9.59 Å². The van der Waals surface area contributed by atoms with Crippen molar-refractivity contribution < 1.29 is 260 Å². The molecular weight excluding hydrogens is 1320 g/mol. The van der Waals surface area contributed by atoms with Gasteiger partial charge in [0.2, 0.25) is 5.69 Å². The van der Waals surface area contributed by atoms with Gasteiger partial charge in [0.05, 0.1) is 40.7 Å². The van der Waals surface area contributed by atoms with Crippen LogP contribution < -0.4 is 177 Å². The summed E-state index contributed by atoms with van der Waals surface area (Å²) in [6.45, 7) is 0. The fraction of sp³-hybridized carbons (Fsp3) is 0. The number of rotatable bonds is 14. The van der Waals surface area contributed by atoms with Crippen LogP contribution in [-0.4, -0.2) is 113 Å². The van der Waals surface area contributed by atoms with Gasteiger partial charge in [-0.1, -0.05) is 95.9 Å². The molecule has 0 atom stereocenters. The summed E-state index contributed by atoms with van der Waals surface area (Å²) in [6, 6.07) is 25.0. The first-order valence-corrected chi connectivity index (χ1v) is 30.7. The zero-order valence-electron chi connectivity index (χ0n) is 45.8. The van der Waals surface area contributed by atoms with E-state index in [9.17, 15) is 83.0 Å². The van der Waals surface area contributed by atoms with Crippen molar-refractivity contribution in [1.82, 2.24) is 30.0 Å². The van der Waals surface area contributed by atoms with Gasteiger partial charge in [0.25, 0.3) is 0 Å². The van der Waals surface area contributed by atoms with Gasteiger partial charge in [0.1, 0.15) is 88.5 Å². The molecule has 0 amide bonds. The SMILES string of the molecule is O=S(=O)([O-])c1ccc([N+]([O-])=Nc2ccc(/C=C/c3ccc(-n4nc5cc(S(=O)(=O)[O-])c6ccccc6c5n4)cc3S(=O)(=O)[O-])c(S(=O)(=O)[O-])c2)cc1/C=C/c1ccc(-n2nc3cc(S(=O)(=O)[O-])c4ccccc4c3n2)cc1S(=O)(=O)[O-].[Na+].[Na+].[Na+].[Na+].[Na+].[Na+]. The van der Waals surface area contributed by atoms with Crippen molar-refractivity contribution in [1.29, 1.82) is 0 Å². The van der Waals surface area contributed by atoms with E-state index in [2.05, 4.69) is 25.5 Å². The minimum atomic E-state index is -5.45. The van der Waals surface area contributed by atoms with E-state index in [1.165, 1.54) is 54.6 Å². The number of fused-ring (bicyclic) bond motifs is 6. The van der Waals surface area contributed by atoms with Crippen molar-refractivity contribution in [2.45, 2.75) is 29.4 Å². The van der Waals surface area contributed by atoms with Crippen LogP contribution in [0, 0.1) is 5.21 Å². The van der Waals surface area contributed by atoms with Crippen LogP contribution in [-0.2, 0) is 60.7 Å². The van der Waals surface area contributed by atoms with Crippen LogP contribution in [0.25, 0.3) is 79.3 Å². The van der Waals surface area contributed by atoms with Gasteiger partial charge in [-0.15, -0.1) is 20.4 Å². The predicted molar refractivity (Wildman–Crippen MR) is 277 cm³/mol. The Kier molecular flexibility index (Phi) is 25.8. The van der Waals surface area contributed by atoms with E-state index >= 15 is 0 Å². The first kappa shape index (κ1) is 76.9. The summed E-state index contributed by atoms with van der Waals surface area (Å²) in [6.07, 6.45) is 3.69. The van der Waals surface area contributed by atoms with Crippen molar-refractivity contribution >= 4 is 140 Å². The third-order valence-corrected chi connectivity index (χ3v) is 17.4. The summed E-state index contributed by atoms with van der Waals surface area (Å²) in [5.74, 6) is 0. The summed E-state index contributed by atoms with van der Waals surface area (Å²) in [4.78, 5) is -3.44. The maximum Gasteiger partial charge on any atom is 1.00 e. The van der Waals surface area contributed by atoms with E-state index in [-0.39, 0.29) is 243 Å². The first-order valence-electron chi connectivity index (χ1n) is 22.3. The normalized spacial score (nSPS) is 12.5. The van der Waals surface area contributed by atoms with E-state index in [0.29, 0.717) is 12.1 Å². The number of azo groups is 1. The van der Waals surface area contributed by atoms with Crippen LogP contribution in [0.4, 0.5) is 11.4 Å². The molecule has 0 aliphatic carbocycles. The molecule has 39 heteroatoms. The molecule has 2 heterocycles. The molecule has 8 aromatic carbocycles. The second-order valence-corrected chi connectivity index (χ2v) is 25.3. The van der Waals surface area contributed by atoms with Crippen molar-refractivity contribution in [2.75, 3.05) is 0 Å². The maximum absolute atomic E-state index is 13.5. The molecule has 0 unspecified atom stereocenters. The molecule has 0 N–H and O–H groups in total. The molecule has 0 spiro atoms. The molecule has 10 aromatic rings. The minimum absolute atomic E-state index is 0. The Morgan fingerprint density at radius 1 is 0.356 bits per heavy atom. The molecule has 0 aliphatic rings. The van der Waals surface area contributed by atoms with E-state index in [0.717, 1.165) is 94.6 Å². The second kappa shape index (κ2) is 29.2. The molecule has 0 radical (unpaired) electrons. The summed E-state index contributed by atoms with van der Waals surface area (Å²) >= 11 is 0. The average Bonchev–Trinajstić information content (AvgIpc) is 1.91. The molecule has 0 bridgehead atoms. The monoisotopic (exact) mass is 1350 g/mol. The molecule has 0 saturated carbocycles. The summed E-state index contributed by atoms with van der Waals surface area (Å²) in [5, 5.41) is 34.7. The number of benzene rings is 8. The molecule has 2 aromatic heterocycles. The smallest absolute Gasteiger partial charge is 0.744 e. The van der Waals surface area contributed by atoms with E-state index < -0.39 is 118 Å². The first-order chi connectivity index (χ1) is 37.8. The molecule has 0 fully saturated rings. The maximum atomic E-state index is 13.5. The van der Waals surface area contributed by atoms with E-state index in [1.54, 1.807) is 6.07 Å². The Hall–Kier alpha value is -2.58. The Labute approximate surface area is 627 Å². The summed E-state index contributed by atoms with van der Waals surface area (Å²) in [5.41, 5.74) is -3.02. The van der Waals surface area contributed by atoms with Crippen LogP contribution in [0.3, 0.4) is 0 Å². The molecule has 0 aliphatic heterocycles. The quantitative estimate of drug-likeness (QED) is 0.0244. The molecular formula is C48H26N8Na6O19S6. The molecule has 0 saturated heterocycles. The second-order valence-electron chi connectivity index (χ2n) is 17.2. The Bertz CT molecular complexity index is 5230. The third kappa shape index (κ3) is 16.8. The zero-order chi connectivity index (χ0) is 58.4. The van der Waals surface area contributed by atoms with Crippen molar-refractivity contribution in [3.63, 3.8) is 0 Å². The van der Waals surface area contributed by atoms with E-state index in [1.807, 2.05) is 0 Å². The van der Waals surface area contributed by atoms with Crippen molar-refractivity contribution in [2.24, 2.45) is 5.11 Å². The largest absolute Gasteiger partial charge is 1.00 e.